The van der Waals surface area contributed by atoms with Gasteiger partial charge in [-0.3, -0.25) is 4.79 Å². The predicted octanol–water partition coefficient (Wildman–Crippen LogP) is 2.11. The van der Waals surface area contributed by atoms with E-state index >= 15 is 0 Å². The van der Waals surface area contributed by atoms with E-state index in [1.807, 2.05) is 32.0 Å². The lowest BCUT2D eigenvalue weighted by Gasteiger charge is -2.40. The summed E-state index contributed by atoms with van der Waals surface area (Å²) in [7, 11) is 0. The van der Waals surface area contributed by atoms with Crippen LogP contribution in [0.2, 0.25) is 0 Å². The number of aryl methyl sites for hydroxylation is 2. The predicted molar refractivity (Wildman–Crippen MR) is 74.6 cm³/mol. The van der Waals surface area contributed by atoms with Gasteiger partial charge in [-0.1, -0.05) is 18.2 Å². The molecule has 1 heterocycles. The highest BCUT2D eigenvalue weighted by atomic mass is 16.4. The van der Waals surface area contributed by atoms with E-state index in [9.17, 15) is 9.90 Å². The van der Waals surface area contributed by atoms with Crippen molar-refractivity contribution in [2.24, 2.45) is 0 Å². The average molecular weight is 263 g/mol. The number of carboxylic acids is 1. The minimum Gasteiger partial charge on any atom is -0.481 e. The third-order valence-electron chi connectivity index (χ3n) is 3.79. The highest BCUT2D eigenvalue weighted by Gasteiger charge is 2.36. The fourth-order valence-electron chi connectivity index (χ4n) is 3.03. The summed E-state index contributed by atoms with van der Waals surface area (Å²) in [5.41, 5.74) is 2.35. The second kappa shape index (κ2) is 5.21. The van der Waals surface area contributed by atoms with Crippen molar-refractivity contribution >= 4 is 11.7 Å². The molecule has 1 aliphatic rings. The number of aliphatic hydroxyl groups is 1. The van der Waals surface area contributed by atoms with Crippen LogP contribution >= 0.6 is 0 Å². The number of rotatable bonds is 3. The molecule has 1 aliphatic heterocycles. The van der Waals surface area contributed by atoms with Crippen molar-refractivity contribution in [1.82, 2.24) is 0 Å². The second-order valence-corrected chi connectivity index (χ2v) is 5.56. The van der Waals surface area contributed by atoms with E-state index in [-0.39, 0.29) is 6.42 Å². The van der Waals surface area contributed by atoms with Gasteiger partial charge >= 0.3 is 5.97 Å². The molecule has 0 bridgehead atoms. The van der Waals surface area contributed by atoms with E-state index < -0.39 is 11.6 Å². The van der Waals surface area contributed by atoms with Gasteiger partial charge in [0, 0.05) is 18.8 Å². The van der Waals surface area contributed by atoms with Gasteiger partial charge in [-0.25, -0.2) is 0 Å². The van der Waals surface area contributed by atoms with Gasteiger partial charge in [-0.2, -0.15) is 0 Å². The number of para-hydroxylation sites is 1. The van der Waals surface area contributed by atoms with E-state index in [1.54, 1.807) is 0 Å². The molecule has 1 aromatic carbocycles. The summed E-state index contributed by atoms with van der Waals surface area (Å²) in [5.74, 6) is -0.939. The molecule has 19 heavy (non-hydrogen) atoms. The highest BCUT2D eigenvalue weighted by Crippen LogP contribution is 2.32. The maximum atomic E-state index is 10.9. The summed E-state index contributed by atoms with van der Waals surface area (Å²) in [6.07, 6.45) is 1.19. The fourth-order valence-corrected chi connectivity index (χ4v) is 3.03. The third-order valence-corrected chi connectivity index (χ3v) is 3.79. The molecule has 104 valence electrons. The molecule has 1 saturated heterocycles. The van der Waals surface area contributed by atoms with Crippen molar-refractivity contribution in [3.05, 3.63) is 29.3 Å². The Morgan fingerprint density at radius 1 is 1.37 bits per heavy atom. The Labute approximate surface area is 113 Å². The maximum Gasteiger partial charge on any atom is 0.306 e. The molecule has 1 fully saturated rings. The zero-order chi connectivity index (χ0) is 14.0. The molecule has 0 saturated carbocycles. The van der Waals surface area contributed by atoms with Crippen molar-refractivity contribution in [2.45, 2.75) is 38.7 Å². The number of carboxylic acid groups (broad SMARTS) is 1. The monoisotopic (exact) mass is 263 g/mol. The Balaban J connectivity index is 2.24. The van der Waals surface area contributed by atoms with Crippen LogP contribution in [0.4, 0.5) is 5.69 Å². The SMILES string of the molecule is Cc1cccc(C)c1N1CCCC(O)(CC(=O)O)C1. The van der Waals surface area contributed by atoms with Crippen molar-refractivity contribution in [3.63, 3.8) is 0 Å². The number of benzene rings is 1. The summed E-state index contributed by atoms with van der Waals surface area (Å²) < 4.78 is 0. The summed E-state index contributed by atoms with van der Waals surface area (Å²) in [6, 6.07) is 6.11. The first-order valence-electron chi connectivity index (χ1n) is 6.67. The normalized spacial score (nSPS) is 23.4. The molecule has 1 unspecified atom stereocenters. The molecule has 2 rings (SSSR count). The van der Waals surface area contributed by atoms with Crippen LogP contribution in [0.1, 0.15) is 30.4 Å². The first-order chi connectivity index (χ1) is 8.91. The van der Waals surface area contributed by atoms with Gasteiger partial charge in [0.25, 0.3) is 0 Å². The zero-order valence-corrected chi connectivity index (χ0v) is 11.5. The first-order valence-corrected chi connectivity index (χ1v) is 6.67. The molecule has 4 nitrogen and oxygen atoms in total. The molecule has 0 aliphatic carbocycles. The molecule has 1 aromatic rings. The van der Waals surface area contributed by atoms with E-state index in [1.165, 1.54) is 11.1 Å². The van der Waals surface area contributed by atoms with E-state index in [2.05, 4.69) is 4.90 Å². The van der Waals surface area contributed by atoms with Crippen LogP contribution in [0.25, 0.3) is 0 Å². The molecule has 0 radical (unpaired) electrons. The van der Waals surface area contributed by atoms with Gasteiger partial charge in [0.15, 0.2) is 0 Å². The number of piperidine rings is 1. The minimum atomic E-state index is -1.11. The molecule has 0 amide bonds. The number of aliphatic carboxylic acids is 1. The molecular formula is C15H21NO3. The molecule has 1 atom stereocenters. The van der Waals surface area contributed by atoms with E-state index in [4.69, 9.17) is 5.11 Å². The third kappa shape index (κ3) is 3.07. The van der Waals surface area contributed by atoms with Crippen LogP contribution in [0.15, 0.2) is 18.2 Å². The number of nitrogens with zero attached hydrogens (tertiary/aromatic N) is 1. The van der Waals surface area contributed by atoms with Crippen LogP contribution in [0, 0.1) is 13.8 Å². The maximum absolute atomic E-state index is 10.9. The first kappa shape index (κ1) is 13.9. The minimum absolute atomic E-state index is 0.186. The summed E-state index contributed by atoms with van der Waals surface area (Å²) in [6.45, 7) is 5.36. The standard InChI is InChI=1S/C15H21NO3/c1-11-5-3-6-12(2)14(11)16-8-4-7-15(19,10-16)9-13(17)18/h3,5-6,19H,4,7-10H2,1-2H3,(H,17,18). The number of hydrogen-bond donors (Lipinski definition) is 2. The van der Waals surface area contributed by atoms with Gasteiger partial charge in [0.1, 0.15) is 0 Å². The van der Waals surface area contributed by atoms with Gasteiger partial charge in [0.05, 0.1) is 12.0 Å². The fraction of sp³-hybridized carbons (Fsp3) is 0.533. The topological polar surface area (TPSA) is 60.8 Å². The van der Waals surface area contributed by atoms with E-state index in [0.29, 0.717) is 13.0 Å². The lowest BCUT2D eigenvalue weighted by Crippen LogP contribution is -2.49. The highest BCUT2D eigenvalue weighted by molar-refractivity contribution is 5.68. The lowest BCUT2D eigenvalue weighted by molar-refractivity contribution is -0.142. The molecular weight excluding hydrogens is 242 g/mol. The largest absolute Gasteiger partial charge is 0.481 e. The van der Waals surface area contributed by atoms with Crippen molar-refractivity contribution in [3.8, 4) is 0 Å². The molecule has 4 heteroatoms. The second-order valence-electron chi connectivity index (χ2n) is 5.56. The Morgan fingerprint density at radius 3 is 2.58 bits per heavy atom. The molecule has 2 N–H and O–H groups in total. The Bertz CT molecular complexity index is 466. The Hall–Kier alpha value is -1.55. The van der Waals surface area contributed by atoms with E-state index in [0.717, 1.165) is 18.7 Å². The van der Waals surface area contributed by atoms with Crippen LogP contribution in [-0.2, 0) is 4.79 Å². The number of β-amino-alcohol motifs (C(OH)–C–C–N with tert-alkyl or cyclic N) is 1. The number of carbonyl (C=O) groups is 1. The Morgan fingerprint density at radius 2 is 2.00 bits per heavy atom. The summed E-state index contributed by atoms with van der Waals surface area (Å²) >= 11 is 0. The van der Waals surface area contributed by atoms with Crippen LogP contribution in [0.5, 0.6) is 0 Å². The average Bonchev–Trinajstić information content (AvgIpc) is 2.26. The van der Waals surface area contributed by atoms with Gasteiger partial charge < -0.3 is 15.1 Å². The number of hydrogen-bond acceptors (Lipinski definition) is 3. The Kier molecular flexibility index (Phi) is 3.80. The van der Waals surface area contributed by atoms with Gasteiger partial charge in [-0.05, 0) is 37.8 Å². The van der Waals surface area contributed by atoms with Gasteiger partial charge in [0.2, 0.25) is 0 Å². The number of anilines is 1. The van der Waals surface area contributed by atoms with Crippen molar-refractivity contribution in [2.75, 3.05) is 18.0 Å². The van der Waals surface area contributed by atoms with Crippen molar-refractivity contribution in [1.29, 1.82) is 0 Å². The smallest absolute Gasteiger partial charge is 0.306 e. The van der Waals surface area contributed by atoms with Crippen molar-refractivity contribution < 1.29 is 15.0 Å². The summed E-state index contributed by atoms with van der Waals surface area (Å²) in [4.78, 5) is 13.0. The quantitative estimate of drug-likeness (QED) is 0.877. The summed E-state index contributed by atoms with van der Waals surface area (Å²) in [5, 5.41) is 19.4. The van der Waals surface area contributed by atoms with Gasteiger partial charge in [-0.15, -0.1) is 0 Å². The zero-order valence-electron chi connectivity index (χ0n) is 11.5. The lowest BCUT2D eigenvalue weighted by atomic mass is 9.88. The molecule has 0 aromatic heterocycles. The van der Waals surface area contributed by atoms with Crippen LogP contribution < -0.4 is 4.90 Å². The van der Waals surface area contributed by atoms with Crippen LogP contribution in [0.3, 0.4) is 0 Å². The molecule has 0 spiro atoms. The van der Waals surface area contributed by atoms with Crippen LogP contribution in [-0.4, -0.2) is 34.9 Å².